The van der Waals surface area contributed by atoms with E-state index in [1.54, 1.807) is 0 Å². The fraction of sp³-hybridized carbons (Fsp3) is 0.417. The summed E-state index contributed by atoms with van der Waals surface area (Å²) in [6.45, 7) is 3.93. The van der Waals surface area contributed by atoms with Crippen LogP contribution in [0.15, 0.2) is 24.3 Å². The van der Waals surface area contributed by atoms with Crippen LogP contribution >= 0.6 is 11.6 Å². The predicted octanol–water partition coefficient (Wildman–Crippen LogP) is 3.32. The summed E-state index contributed by atoms with van der Waals surface area (Å²) in [6.07, 6.45) is 1.43. The minimum absolute atomic E-state index is 0.0299. The number of carbonyl (C=O) groups is 1. The number of rotatable bonds is 4. The molecule has 1 rings (SSSR count). The van der Waals surface area contributed by atoms with Gasteiger partial charge in [0.25, 0.3) is 0 Å². The third kappa shape index (κ3) is 3.56. The summed E-state index contributed by atoms with van der Waals surface area (Å²) in [5.41, 5.74) is 0.962. The molecule has 0 bridgehead atoms. The van der Waals surface area contributed by atoms with Crippen molar-refractivity contribution < 1.29 is 4.79 Å². The lowest BCUT2D eigenvalue weighted by molar-refractivity contribution is -0.121. The van der Waals surface area contributed by atoms with E-state index >= 15 is 0 Å². The first-order valence-electron chi connectivity index (χ1n) is 5.19. The van der Waals surface area contributed by atoms with E-state index in [4.69, 9.17) is 11.6 Å². The van der Waals surface area contributed by atoms with E-state index in [1.165, 1.54) is 0 Å². The molecule has 1 aromatic carbocycles. The standard InChI is InChI=1S/C12H16ClNO/c1-3-6-12(15)14-9(2)10-7-4-5-8-11(10)13/h4-5,7-9H,3,6H2,1-2H3,(H,14,15)/t9-/m1/s1. The Hall–Kier alpha value is -1.02. The van der Waals surface area contributed by atoms with Crippen LogP contribution in [-0.4, -0.2) is 5.91 Å². The normalized spacial score (nSPS) is 12.2. The number of carbonyl (C=O) groups excluding carboxylic acids is 1. The molecule has 0 saturated carbocycles. The summed E-state index contributed by atoms with van der Waals surface area (Å²) in [7, 11) is 0. The zero-order chi connectivity index (χ0) is 11.3. The van der Waals surface area contributed by atoms with E-state index in [2.05, 4.69) is 5.32 Å². The Morgan fingerprint density at radius 2 is 2.13 bits per heavy atom. The van der Waals surface area contributed by atoms with Crippen LogP contribution in [0.4, 0.5) is 0 Å². The molecule has 1 N–H and O–H groups in total. The maximum atomic E-state index is 11.4. The molecule has 2 nitrogen and oxygen atoms in total. The van der Waals surface area contributed by atoms with E-state index < -0.39 is 0 Å². The van der Waals surface area contributed by atoms with Gasteiger partial charge < -0.3 is 5.32 Å². The highest BCUT2D eigenvalue weighted by Crippen LogP contribution is 2.22. The Kier molecular flexibility index (Phi) is 4.63. The number of amides is 1. The van der Waals surface area contributed by atoms with Crippen LogP contribution in [0.25, 0.3) is 0 Å². The Labute approximate surface area is 95.6 Å². The monoisotopic (exact) mass is 225 g/mol. The zero-order valence-electron chi connectivity index (χ0n) is 9.09. The molecule has 0 radical (unpaired) electrons. The van der Waals surface area contributed by atoms with E-state index in [-0.39, 0.29) is 11.9 Å². The van der Waals surface area contributed by atoms with Crippen LogP contribution < -0.4 is 5.32 Å². The minimum atomic E-state index is -0.0299. The molecule has 1 atom stereocenters. The average molecular weight is 226 g/mol. The van der Waals surface area contributed by atoms with Crippen LogP contribution in [0.3, 0.4) is 0 Å². The quantitative estimate of drug-likeness (QED) is 0.837. The fourth-order valence-corrected chi connectivity index (χ4v) is 1.74. The van der Waals surface area contributed by atoms with Gasteiger partial charge in [0.1, 0.15) is 0 Å². The molecular weight excluding hydrogens is 210 g/mol. The fourth-order valence-electron chi connectivity index (χ4n) is 1.44. The summed E-state index contributed by atoms with van der Waals surface area (Å²) in [5.74, 6) is 0.0740. The number of halogens is 1. The molecular formula is C12H16ClNO. The predicted molar refractivity (Wildman–Crippen MR) is 62.9 cm³/mol. The molecule has 0 aromatic heterocycles. The minimum Gasteiger partial charge on any atom is -0.350 e. The van der Waals surface area contributed by atoms with Crippen LogP contribution in [-0.2, 0) is 4.79 Å². The van der Waals surface area contributed by atoms with Gasteiger partial charge in [-0.3, -0.25) is 4.79 Å². The lowest BCUT2D eigenvalue weighted by atomic mass is 10.1. The first-order chi connectivity index (χ1) is 7.15. The van der Waals surface area contributed by atoms with Gasteiger partial charge in [-0.25, -0.2) is 0 Å². The van der Waals surface area contributed by atoms with Crippen molar-refractivity contribution in [2.75, 3.05) is 0 Å². The molecule has 1 aromatic rings. The second kappa shape index (κ2) is 5.76. The number of hydrogen-bond donors (Lipinski definition) is 1. The molecule has 1 amide bonds. The van der Waals surface area contributed by atoms with E-state index in [1.807, 2.05) is 38.1 Å². The number of nitrogens with one attached hydrogen (secondary N) is 1. The van der Waals surface area contributed by atoms with Crippen molar-refractivity contribution in [3.05, 3.63) is 34.9 Å². The van der Waals surface area contributed by atoms with Gasteiger partial charge in [0, 0.05) is 11.4 Å². The molecule has 3 heteroatoms. The third-order valence-corrected chi connectivity index (χ3v) is 2.57. The van der Waals surface area contributed by atoms with Crippen LogP contribution in [0.1, 0.15) is 38.3 Å². The van der Waals surface area contributed by atoms with Gasteiger partial charge in [-0.2, -0.15) is 0 Å². The van der Waals surface area contributed by atoms with Gasteiger partial charge in [-0.05, 0) is 25.0 Å². The van der Waals surface area contributed by atoms with Crippen LogP contribution in [0.5, 0.6) is 0 Å². The Morgan fingerprint density at radius 3 is 2.73 bits per heavy atom. The van der Waals surface area contributed by atoms with Crippen LogP contribution in [0, 0.1) is 0 Å². The molecule has 0 fully saturated rings. The highest BCUT2D eigenvalue weighted by Gasteiger charge is 2.10. The van der Waals surface area contributed by atoms with Crippen molar-refractivity contribution in [1.29, 1.82) is 0 Å². The maximum Gasteiger partial charge on any atom is 0.220 e. The first kappa shape index (κ1) is 12.1. The Morgan fingerprint density at radius 1 is 1.47 bits per heavy atom. The number of hydrogen-bond acceptors (Lipinski definition) is 1. The summed E-state index contributed by atoms with van der Waals surface area (Å²) in [5, 5.41) is 3.61. The zero-order valence-corrected chi connectivity index (χ0v) is 9.84. The number of benzene rings is 1. The molecule has 82 valence electrons. The molecule has 0 aliphatic rings. The van der Waals surface area contributed by atoms with Crippen LogP contribution in [0.2, 0.25) is 5.02 Å². The van der Waals surface area contributed by atoms with Crippen molar-refractivity contribution in [3.8, 4) is 0 Å². The largest absolute Gasteiger partial charge is 0.350 e. The van der Waals surface area contributed by atoms with Gasteiger partial charge in [-0.1, -0.05) is 36.7 Å². The molecule has 15 heavy (non-hydrogen) atoms. The summed E-state index contributed by atoms with van der Waals surface area (Å²) in [6, 6.07) is 7.53. The van der Waals surface area contributed by atoms with Crippen molar-refractivity contribution in [3.63, 3.8) is 0 Å². The van der Waals surface area contributed by atoms with Gasteiger partial charge >= 0.3 is 0 Å². The highest BCUT2D eigenvalue weighted by atomic mass is 35.5. The lowest BCUT2D eigenvalue weighted by Crippen LogP contribution is -2.26. The second-order valence-electron chi connectivity index (χ2n) is 3.56. The molecule has 0 unspecified atom stereocenters. The van der Waals surface area contributed by atoms with E-state index in [9.17, 15) is 4.79 Å². The SMILES string of the molecule is CCCC(=O)N[C@H](C)c1ccccc1Cl. The summed E-state index contributed by atoms with van der Waals surface area (Å²) < 4.78 is 0. The topological polar surface area (TPSA) is 29.1 Å². The Balaban J connectivity index is 2.65. The molecule has 0 saturated heterocycles. The summed E-state index contributed by atoms with van der Waals surface area (Å²) >= 11 is 6.03. The van der Waals surface area contributed by atoms with Crippen molar-refractivity contribution in [2.45, 2.75) is 32.7 Å². The van der Waals surface area contributed by atoms with E-state index in [0.29, 0.717) is 11.4 Å². The van der Waals surface area contributed by atoms with E-state index in [0.717, 1.165) is 12.0 Å². The van der Waals surface area contributed by atoms with Gasteiger partial charge in [0.2, 0.25) is 5.91 Å². The Bertz CT molecular complexity index is 338. The third-order valence-electron chi connectivity index (χ3n) is 2.23. The van der Waals surface area contributed by atoms with Gasteiger partial charge in [-0.15, -0.1) is 0 Å². The highest BCUT2D eigenvalue weighted by molar-refractivity contribution is 6.31. The molecule has 0 heterocycles. The van der Waals surface area contributed by atoms with Crippen molar-refractivity contribution in [1.82, 2.24) is 5.32 Å². The van der Waals surface area contributed by atoms with Crippen molar-refractivity contribution in [2.24, 2.45) is 0 Å². The van der Waals surface area contributed by atoms with Gasteiger partial charge in [0.05, 0.1) is 6.04 Å². The average Bonchev–Trinajstić information content (AvgIpc) is 2.18. The molecule has 0 spiro atoms. The first-order valence-corrected chi connectivity index (χ1v) is 5.56. The smallest absolute Gasteiger partial charge is 0.220 e. The summed E-state index contributed by atoms with van der Waals surface area (Å²) in [4.78, 5) is 11.4. The lowest BCUT2D eigenvalue weighted by Gasteiger charge is -2.15. The van der Waals surface area contributed by atoms with Crippen molar-refractivity contribution >= 4 is 17.5 Å². The molecule has 0 aliphatic carbocycles. The second-order valence-corrected chi connectivity index (χ2v) is 3.97. The van der Waals surface area contributed by atoms with Gasteiger partial charge in [0.15, 0.2) is 0 Å². The maximum absolute atomic E-state index is 11.4. The molecule has 0 aliphatic heterocycles.